The van der Waals surface area contributed by atoms with Crippen molar-refractivity contribution in [1.29, 1.82) is 0 Å². The van der Waals surface area contributed by atoms with Gasteiger partial charge < -0.3 is 5.11 Å². The Kier molecular flexibility index (Phi) is 5.29. The van der Waals surface area contributed by atoms with Crippen LogP contribution in [0, 0.1) is 0 Å². The molecule has 5 nitrogen and oxygen atoms in total. The van der Waals surface area contributed by atoms with Crippen molar-refractivity contribution in [1.82, 2.24) is 9.71 Å². The Morgan fingerprint density at radius 1 is 1.45 bits per heavy atom. The maximum atomic E-state index is 13.3. The number of hydrogen-bond donors (Lipinski definition) is 2. The van der Waals surface area contributed by atoms with E-state index in [9.17, 15) is 17.9 Å². The van der Waals surface area contributed by atoms with Crippen molar-refractivity contribution in [3.05, 3.63) is 22.4 Å². The molecular formula is C12H18BrFN2O3S. The standard InChI is InChI=1S/C12H18BrFN2O3S/c1-7(14)10(17)9-11(8(13)5-6-15-9)20(18,19)16-12(2,3)4/h5-7,10,16-17H,1-4H3. The summed E-state index contributed by atoms with van der Waals surface area (Å²) in [5.41, 5.74) is -0.927. The summed E-state index contributed by atoms with van der Waals surface area (Å²) >= 11 is 3.12. The Morgan fingerprint density at radius 2 is 2.00 bits per heavy atom. The van der Waals surface area contributed by atoms with Gasteiger partial charge in [0.15, 0.2) is 0 Å². The number of aliphatic hydroxyl groups excluding tert-OH is 1. The minimum Gasteiger partial charge on any atom is -0.384 e. The van der Waals surface area contributed by atoms with Crippen LogP contribution >= 0.6 is 15.9 Å². The van der Waals surface area contributed by atoms with Crippen LogP contribution in [0.2, 0.25) is 0 Å². The lowest BCUT2D eigenvalue weighted by Crippen LogP contribution is -2.41. The number of pyridine rings is 1. The average Bonchev–Trinajstić information content (AvgIpc) is 2.23. The summed E-state index contributed by atoms with van der Waals surface area (Å²) in [6.07, 6.45) is -1.94. The van der Waals surface area contributed by atoms with Crippen LogP contribution in [0.4, 0.5) is 4.39 Å². The molecule has 0 bridgehead atoms. The van der Waals surface area contributed by atoms with E-state index in [1.165, 1.54) is 12.3 Å². The lowest BCUT2D eigenvalue weighted by atomic mass is 10.1. The van der Waals surface area contributed by atoms with Gasteiger partial charge in [-0.3, -0.25) is 4.98 Å². The fourth-order valence-corrected chi connectivity index (χ4v) is 4.23. The van der Waals surface area contributed by atoms with Gasteiger partial charge in [0.25, 0.3) is 0 Å². The van der Waals surface area contributed by atoms with E-state index < -0.39 is 27.8 Å². The van der Waals surface area contributed by atoms with Gasteiger partial charge in [0, 0.05) is 16.2 Å². The van der Waals surface area contributed by atoms with Crippen molar-refractivity contribution in [2.45, 2.75) is 50.4 Å². The number of halogens is 2. The molecule has 20 heavy (non-hydrogen) atoms. The van der Waals surface area contributed by atoms with E-state index in [1.54, 1.807) is 20.8 Å². The number of sulfonamides is 1. The van der Waals surface area contributed by atoms with Crippen LogP contribution in [-0.2, 0) is 10.0 Å². The summed E-state index contributed by atoms with van der Waals surface area (Å²) in [5.74, 6) is 0. The van der Waals surface area contributed by atoms with Gasteiger partial charge in [-0.1, -0.05) is 0 Å². The third kappa shape index (κ3) is 4.21. The van der Waals surface area contributed by atoms with Gasteiger partial charge in [-0.2, -0.15) is 0 Å². The molecular weight excluding hydrogens is 351 g/mol. The van der Waals surface area contributed by atoms with E-state index in [1.807, 2.05) is 0 Å². The first-order valence-electron chi connectivity index (χ1n) is 5.96. The molecule has 1 heterocycles. The Bertz CT molecular complexity index is 585. The highest BCUT2D eigenvalue weighted by Crippen LogP contribution is 2.30. The van der Waals surface area contributed by atoms with Crippen molar-refractivity contribution in [3.8, 4) is 0 Å². The largest absolute Gasteiger partial charge is 0.384 e. The van der Waals surface area contributed by atoms with Crippen molar-refractivity contribution in [2.24, 2.45) is 0 Å². The molecule has 0 radical (unpaired) electrons. The summed E-state index contributed by atoms with van der Waals surface area (Å²) in [6, 6.07) is 1.43. The highest BCUT2D eigenvalue weighted by atomic mass is 79.9. The Balaban J connectivity index is 3.44. The van der Waals surface area contributed by atoms with E-state index in [0.29, 0.717) is 0 Å². The third-order valence-electron chi connectivity index (χ3n) is 2.31. The minimum absolute atomic E-state index is 0.217. The predicted octanol–water partition coefficient (Wildman–Crippen LogP) is 2.31. The van der Waals surface area contributed by atoms with Gasteiger partial charge >= 0.3 is 0 Å². The number of nitrogens with zero attached hydrogens (tertiary/aromatic N) is 1. The molecule has 0 fully saturated rings. The second-order valence-electron chi connectivity index (χ2n) is 5.49. The molecule has 0 saturated heterocycles. The van der Waals surface area contributed by atoms with Crippen LogP contribution in [-0.4, -0.2) is 30.2 Å². The summed E-state index contributed by atoms with van der Waals surface area (Å²) in [6.45, 7) is 6.19. The molecule has 1 aromatic heterocycles. The molecule has 8 heteroatoms. The molecule has 0 spiro atoms. The fourth-order valence-electron chi connectivity index (χ4n) is 1.59. The van der Waals surface area contributed by atoms with E-state index in [-0.39, 0.29) is 15.1 Å². The topological polar surface area (TPSA) is 79.3 Å². The fraction of sp³-hybridized carbons (Fsp3) is 0.583. The third-order valence-corrected chi connectivity index (χ3v) is 5.08. The molecule has 0 aliphatic carbocycles. The number of rotatable bonds is 4. The highest BCUT2D eigenvalue weighted by molar-refractivity contribution is 9.10. The van der Waals surface area contributed by atoms with Gasteiger partial charge in [-0.05, 0) is 49.7 Å². The lowest BCUT2D eigenvalue weighted by molar-refractivity contribution is 0.0819. The van der Waals surface area contributed by atoms with E-state index in [2.05, 4.69) is 25.6 Å². The maximum absolute atomic E-state index is 13.3. The smallest absolute Gasteiger partial charge is 0.244 e. The SMILES string of the molecule is CC(F)C(O)c1nccc(Br)c1S(=O)(=O)NC(C)(C)C. The zero-order valence-corrected chi connectivity index (χ0v) is 14.1. The highest BCUT2D eigenvalue weighted by Gasteiger charge is 2.31. The van der Waals surface area contributed by atoms with Crippen molar-refractivity contribution in [3.63, 3.8) is 0 Å². The zero-order valence-electron chi connectivity index (χ0n) is 11.7. The van der Waals surface area contributed by atoms with Crippen molar-refractivity contribution in [2.75, 3.05) is 0 Å². The van der Waals surface area contributed by atoms with Gasteiger partial charge in [0.1, 0.15) is 17.2 Å². The van der Waals surface area contributed by atoms with Crippen LogP contribution in [0.15, 0.2) is 21.6 Å². The van der Waals surface area contributed by atoms with Gasteiger partial charge in [-0.25, -0.2) is 17.5 Å². The average molecular weight is 369 g/mol. The molecule has 2 atom stereocenters. The monoisotopic (exact) mass is 368 g/mol. The van der Waals surface area contributed by atoms with Crippen LogP contribution in [0.3, 0.4) is 0 Å². The Hall–Kier alpha value is -0.570. The summed E-state index contributed by atoms with van der Waals surface area (Å²) in [7, 11) is -3.94. The molecule has 2 N–H and O–H groups in total. The molecule has 1 aromatic rings. The number of hydrogen-bond acceptors (Lipinski definition) is 4. The van der Waals surface area contributed by atoms with E-state index in [4.69, 9.17) is 0 Å². The molecule has 0 amide bonds. The van der Waals surface area contributed by atoms with Gasteiger partial charge in [0.05, 0.1) is 5.69 Å². The zero-order chi connectivity index (χ0) is 15.7. The molecule has 0 aliphatic heterocycles. The summed E-state index contributed by atoms with van der Waals surface area (Å²) in [4.78, 5) is 3.57. The van der Waals surface area contributed by atoms with E-state index in [0.717, 1.165) is 6.92 Å². The first-order valence-corrected chi connectivity index (χ1v) is 8.24. The first kappa shape index (κ1) is 17.5. The van der Waals surface area contributed by atoms with Crippen LogP contribution < -0.4 is 4.72 Å². The molecule has 114 valence electrons. The van der Waals surface area contributed by atoms with Crippen LogP contribution in [0.1, 0.15) is 39.5 Å². The van der Waals surface area contributed by atoms with Crippen molar-refractivity contribution < 1.29 is 17.9 Å². The second-order valence-corrected chi connectivity index (χ2v) is 7.96. The van der Waals surface area contributed by atoms with Crippen LogP contribution in [0.25, 0.3) is 0 Å². The summed E-state index contributed by atoms with van der Waals surface area (Å²) in [5, 5.41) is 9.81. The van der Waals surface area contributed by atoms with Gasteiger partial charge in [0.2, 0.25) is 10.0 Å². The first-order chi connectivity index (χ1) is 8.96. The van der Waals surface area contributed by atoms with Gasteiger partial charge in [-0.15, -0.1) is 0 Å². The quantitative estimate of drug-likeness (QED) is 0.854. The number of aliphatic hydroxyl groups is 1. The normalized spacial score (nSPS) is 15.9. The predicted molar refractivity (Wildman–Crippen MR) is 77.5 cm³/mol. The van der Waals surface area contributed by atoms with Crippen LogP contribution in [0.5, 0.6) is 0 Å². The van der Waals surface area contributed by atoms with E-state index >= 15 is 0 Å². The Labute approximate surface area is 126 Å². The molecule has 2 unspecified atom stereocenters. The van der Waals surface area contributed by atoms with Crippen molar-refractivity contribution >= 4 is 26.0 Å². The Morgan fingerprint density at radius 3 is 2.45 bits per heavy atom. The molecule has 1 rings (SSSR count). The lowest BCUT2D eigenvalue weighted by Gasteiger charge is -2.23. The molecule has 0 aliphatic rings. The number of alkyl halides is 1. The molecule has 0 saturated carbocycles. The summed E-state index contributed by atoms with van der Waals surface area (Å²) < 4.78 is 40.8. The number of aromatic nitrogens is 1. The maximum Gasteiger partial charge on any atom is 0.244 e. The minimum atomic E-state index is -3.94. The second kappa shape index (κ2) is 6.05. The molecule has 0 aromatic carbocycles. The number of nitrogens with one attached hydrogen (secondary N) is 1.